The second-order valence-electron chi connectivity index (χ2n) is 8.36. The number of carbonyl (C=O) groups is 2. The Balaban J connectivity index is 0.00000385. The Morgan fingerprint density at radius 1 is 1.12 bits per heavy atom. The number of hydrogen-bond acceptors (Lipinski definition) is 5. The third-order valence-corrected chi connectivity index (χ3v) is 5.69. The van der Waals surface area contributed by atoms with E-state index >= 15 is 0 Å². The van der Waals surface area contributed by atoms with Crippen LogP contribution in [0.15, 0.2) is 29.3 Å². The number of benzene rings is 1. The van der Waals surface area contributed by atoms with E-state index in [2.05, 4.69) is 20.5 Å². The van der Waals surface area contributed by atoms with E-state index in [4.69, 9.17) is 4.74 Å². The van der Waals surface area contributed by atoms with E-state index in [0.29, 0.717) is 18.9 Å². The summed E-state index contributed by atoms with van der Waals surface area (Å²) in [4.78, 5) is 34.4. The van der Waals surface area contributed by atoms with Crippen LogP contribution in [-0.2, 0) is 20.9 Å². The highest BCUT2D eigenvalue weighted by atomic mass is 127. The first-order valence-electron chi connectivity index (χ1n) is 11.4. The first kappa shape index (κ1) is 27.3. The Morgan fingerprint density at radius 2 is 1.85 bits per heavy atom. The maximum Gasteiger partial charge on any atom is 0.241 e. The van der Waals surface area contributed by atoms with Crippen molar-refractivity contribution in [2.45, 2.75) is 25.8 Å². The number of likely N-dealkylation sites (N-methyl/N-ethyl adjacent to an activating group) is 1. The van der Waals surface area contributed by atoms with Crippen molar-refractivity contribution in [2.75, 3.05) is 71.5 Å². The van der Waals surface area contributed by atoms with Gasteiger partial charge in [0.1, 0.15) is 0 Å². The summed E-state index contributed by atoms with van der Waals surface area (Å²) in [6.07, 6.45) is 2.54. The molecule has 0 atom stereocenters. The molecule has 1 aromatic carbocycles. The van der Waals surface area contributed by atoms with Crippen LogP contribution in [-0.4, -0.2) is 94.2 Å². The molecule has 0 unspecified atom stereocenters. The van der Waals surface area contributed by atoms with E-state index in [1.807, 2.05) is 29.2 Å². The third kappa shape index (κ3) is 9.09. The summed E-state index contributed by atoms with van der Waals surface area (Å²) in [5.74, 6) is 0.808. The van der Waals surface area contributed by atoms with Gasteiger partial charge in [-0.3, -0.25) is 14.5 Å². The number of anilines is 1. The van der Waals surface area contributed by atoms with Crippen LogP contribution in [0, 0.1) is 0 Å². The topological polar surface area (TPSA) is 89.5 Å². The number of morpholine rings is 1. The normalized spacial score (nSPS) is 17.0. The maximum absolute atomic E-state index is 12.0. The number of halogens is 1. The first-order valence-corrected chi connectivity index (χ1v) is 11.4. The Hall–Kier alpha value is -1.92. The largest absolute Gasteiger partial charge is 0.379 e. The lowest BCUT2D eigenvalue weighted by Crippen LogP contribution is -2.44. The Bertz CT molecular complexity index is 781. The molecule has 2 saturated heterocycles. The van der Waals surface area contributed by atoms with Crippen molar-refractivity contribution >= 4 is 47.4 Å². The molecular formula is C23H37IN6O3. The molecule has 0 radical (unpaired) electrons. The summed E-state index contributed by atoms with van der Waals surface area (Å²) >= 11 is 0. The summed E-state index contributed by atoms with van der Waals surface area (Å²) in [6, 6.07) is 7.97. The van der Waals surface area contributed by atoms with Crippen LogP contribution in [0.3, 0.4) is 0 Å². The van der Waals surface area contributed by atoms with Gasteiger partial charge in [-0.1, -0.05) is 12.1 Å². The van der Waals surface area contributed by atoms with Gasteiger partial charge >= 0.3 is 0 Å². The molecule has 2 heterocycles. The second kappa shape index (κ2) is 14.4. The molecule has 0 bridgehead atoms. The lowest BCUT2D eigenvalue weighted by molar-refractivity contribution is -0.127. The minimum atomic E-state index is -0.00699. The first-order chi connectivity index (χ1) is 15.5. The highest BCUT2D eigenvalue weighted by Gasteiger charge is 2.21. The van der Waals surface area contributed by atoms with Crippen molar-refractivity contribution in [3.8, 4) is 0 Å². The quantitative estimate of drug-likeness (QED) is 0.201. The van der Waals surface area contributed by atoms with Gasteiger partial charge < -0.3 is 25.2 Å². The highest BCUT2D eigenvalue weighted by molar-refractivity contribution is 14.0. The Morgan fingerprint density at radius 3 is 2.48 bits per heavy atom. The molecule has 10 heteroatoms. The zero-order chi connectivity index (χ0) is 22.8. The van der Waals surface area contributed by atoms with Crippen molar-refractivity contribution in [3.05, 3.63) is 29.8 Å². The van der Waals surface area contributed by atoms with Gasteiger partial charge in [0.15, 0.2) is 5.96 Å². The zero-order valence-electron chi connectivity index (χ0n) is 19.7. The maximum atomic E-state index is 12.0. The minimum absolute atomic E-state index is 0. The molecule has 0 aromatic heterocycles. The highest BCUT2D eigenvalue weighted by Crippen LogP contribution is 2.21. The van der Waals surface area contributed by atoms with Gasteiger partial charge in [0.05, 0.1) is 26.3 Å². The second-order valence-corrected chi connectivity index (χ2v) is 8.36. The molecule has 2 aliphatic rings. The number of rotatable bonds is 9. The monoisotopic (exact) mass is 572 g/mol. The molecule has 2 amide bonds. The van der Waals surface area contributed by atoms with Crippen LogP contribution in [0.25, 0.3) is 0 Å². The molecule has 9 nitrogen and oxygen atoms in total. The van der Waals surface area contributed by atoms with Crippen molar-refractivity contribution in [1.82, 2.24) is 20.4 Å². The summed E-state index contributed by atoms with van der Waals surface area (Å²) < 4.78 is 5.39. The smallest absolute Gasteiger partial charge is 0.241 e. The van der Waals surface area contributed by atoms with Crippen molar-refractivity contribution in [3.63, 3.8) is 0 Å². The molecule has 2 aliphatic heterocycles. The van der Waals surface area contributed by atoms with Gasteiger partial charge in [0, 0.05) is 52.4 Å². The molecule has 0 aliphatic carbocycles. The summed E-state index contributed by atoms with van der Waals surface area (Å²) in [5.41, 5.74) is 1.99. The van der Waals surface area contributed by atoms with Gasteiger partial charge in [-0.05, 0) is 37.1 Å². The SMILES string of the molecule is CN(C)C(=O)CNC(=NCc1ccc(N2CCCC2=O)cc1)NCCCN1CCOCC1.I. The number of nitrogens with zero attached hydrogens (tertiary/aromatic N) is 4. The summed E-state index contributed by atoms with van der Waals surface area (Å²) in [5, 5.41) is 6.48. The van der Waals surface area contributed by atoms with E-state index < -0.39 is 0 Å². The predicted octanol–water partition coefficient (Wildman–Crippen LogP) is 1.28. The fourth-order valence-electron chi connectivity index (χ4n) is 3.70. The fourth-order valence-corrected chi connectivity index (χ4v) is 3.70. The molecular weight excluding hydrogens is 535 g/mol. The number of amides is 2. The Kier molecular flexibility index (Phi) is 11.9. The Labute approximate surface area is 213 Å². The number of hydrogen-bond donors (Lipinski definition) is 2. The van der Waals surface area contributed by atoms with Crippen molar-refractivity contribution < 1.29 is 14.3 Å². The summed E-state index contributed by atoms with van der Waals surface area (Å²) in [6.45, 7) is 6.83. The van der Waals surface area contributed by atoms with E-state index in [-0.39, 0.29) is 42.3 Å². The van der Waals surface area contributed by atoms with Gasteiger partial charge in [0.2, 0.25) is 11.8 Å². The molecule has 1 aromatic rings. The van der Waals surface area contributed by atoms with Crippen LogP contribution < -0.4 is 15.5 Å². The fraction of sp³-hybridized carbons (Fsp3) is 0.609. The van der Waals surface area contributed by atoms with Crippen LogP contribution in [0.1, 0.15) is 24.8 Å². The number of ether oxygens (including phenoxy) is 1. The van der Waals surface area contributed by atoms with Crippen LogP contribution >= 0.6 is 24.0 Å². The van der Waals surface area contributed by atoms with Gasteiger partial charge in [-0.25, -0.2) is 4.99 Å². The molecule has 0 spiro atoms. The lowest BCUT2D eigenvalue weighted by Gasteiger charge is -2.26. The molecule has 33 heavy (non-hydrogen) atoms. The number of aliphatic imine (C=N–C) groups is 1. The molecule has 2 N–H and O–H groups in total. The van der Waals surface area contributed by atoms with E-state index in [9.17, 15) is 9.59 Å². The molecule has 3 rings (SSSR count). The van der Waals surface area contributed by atoms with Crippen molar-refractivity contribution in [1.29, 1.82) is 0 Å². The standard InChI is InChI=1S/C23H36N6O3.HI/c1-27(2)22(31)18-26-23(24-10-4-11-28-13-15-32-16-14-28)25-17-19-6-8-20(9-7-19)29-12-3-5-21(29)30;/h6-9H,3-5,10-18H2,1-2H3,(H2,24,25,26);1H. The number of guanidine groups is 1. The lowest BCUT2D eigenvalue weighted by atomic mass is 10.2. The average molecular weight is 572 g/mol. The minimum Gasteiger partial charge on any atom is -0.379 e. The molecule has 0 saturated carbocycles. The van der Waals surface area contributed by atoms with Crippen LogP contribution in [0.4, 0.5) is 5.69 Å². The molecule has 2 fully saturated rings. The van der Waals surface area contributed by atoms with E-state index in [1.54, 1.807) is 19.0 Å². The van der Waals surface area contributed by atoms with Crippen LogP contribution in [0.5, 0.6) is 0 Å². The van der Waals surface area contributed by atoms with Crippen molar-refractivity contribution in [2.24, 2.45) is 4.99 Å². The van der Waals surface area contributed by atoms with Crippen LogP contribution in [0.2, 0.25) is 0 Å². The number of carbonyl (C=O) groups excluding carboxylic acids is 2. The summed E-state index contributed by atoms with van der Waals surface area (Å²) in [7, 11) is 3.48. The van der Waals surface area contributed by atoms with E-state index in [1.165, 1.54) is 0 Å². The average Bonchev–Trinajstić information content (AvgIpc) is 3.24. The van der Waals surface area contributed by atoms with Gasteiger partial charge in [-0.2, -0.15) is 0 Å². The van der Waals surface area contributed by atoms with Gasteiger partial charge in [0.25, 0.3) is 0 Å². The van der Waals surface area contributed by atoms with Gasteiger partial charge in [-0.15, -0.1) is 24.0 Å². The third-order valence-electron chi connectivity index (χ3n) is 5.69. The number of nitrogens with one attached hydrogen (secondary N) is 2. The van der Waals surface area contributed by atoms with E-state index in [0.717, 1.165) is 70.0 Å². The zero-order valence-corrected chi connectivity index (χ0v) is 22.0. The predicted molar refractivity (Wildman–Crippen MR) is 141 cm³/mol. The molecule has 184 valence electrons.